The van der Waals surface area contributed by atoms with E-state index in [9.17, 15) is 9.59 Å². The normalized spacial score (nSPS) is 17.4. The zero-order valence-corrected chi connectivity index (χ0v) is 10.2. The van der Waals surface area contributed by atoms with Gasteiger partial charge in [0.1, 0.15) is 5.78 Å². The Hall–Kier alpha value is -1.41. The Bertz CT molecular complexity index is 314. The summed E-state index contributed by atoms with van der Waals surface area (Å²) in [5, 5.41) is 11.0. The molecular formula is C12H19N3O2. The Morgan fingerprint density at radius 2 is 2.06 bits per heavy atom. The summed E-state index contributed by atoms with van der Waals surface area (Å²) in [6.07, 6.45) is 2.04. The fourth-order valence-corrected chi connectivity index (χ4v) is 2.01. The zero-order valence-electron chi connectivity index (χ0n) is 10.2. The quantitative estimate of drug-likeness (QED) is 0.699. The number of piperidine rings is 1. The van der Waals surface area contributed by atoms with Crippen LogP contribution in [0.1, 0.15) is 26.2 Å². The van der Waals surface area contributed by atoms with Crippen LogP contribution < -0.4 is 5.32 Å². The fraction of sp³-hybridized carbons (Fsp3) is 0.750. The van der Waals surface area contributed by atoms with Gasteiger partial charge in [-0.3, -0.25) is 14.5 Å². The number of likely N-dealkylation sites (tertiary alicyclic amines) is 1. The van der Waals surface area contributed by atoms with Gasteiger partial charge in [-0.1, -0.05) is 0 Å². The molecule has 1 rings (SSSR count). The van der Waals surface area contributed by atoms with Gasteiger partial charge in [0.15, 0.2) is 0 Å². The first-order chi connectivity index (χ1) is 8.13. The molecule has 1 heterocycles. The third kappa shape index (κ3) is 4.96. The number of nitrogens with one attached hydrogen (secondary N) is 1. The van der Waals surface area contributed by atoms with Crippen molar-refractivity contribution in [2.24, 2.45) is 5.92 Å². The van der Waals surface area contributed by atoms with Crippen LogP contribution in [0.3, 0.4) is 0 Å². The largest absolute Gasteiger partial charge is 0.354 e. The second-order valence-electron chi connectivity index (χ2n) is 4.42. The van der Waals surface area contributed by atoms with Gasteiger partial charge in [-0.25, -0.2) is 0 Å². The van der Waals surface area contributed by atoms with E-state index in [4.69, 9.17) is 5.26 Å². The molecule has 1 N–H and O–H groups in total. The number of hydrogen-bond donors (Lipinski definition) is 1. The average molecular weight is 237 g/mol. The van der Waals surface area contributed by atoms with Crippen LogP contribution in [0, 0.1) is 17.2 Å². The summed E-state index contributed by atoms with van der Waals surface area (Å²) in [5.41, 5.74) is 0. The van der Waals surface area contributed by atoms with E-state index < -0.39 is 0 Å². The molecule has 0 aromatic heterocycles. The van der Waals surface area contributed by atoms with E-state index in [1.165, 1.54) is 0 Å². The number of hydrogen-bond acceptors (Lipinski definition) is 4. The molecule has 5 heteroatoms. The molecule has 0 aliphatic carbocycles. The first-order valence-electron chi connectivity index (χ1n) is 6.00. The van der Waals surface area contributed by atoms with Crippen molar-refractivity contribution < 1.29 is 9.59 Å². The third-order valence-corrected chi connectivity index (χ3v) is 3.09. The fourth-order valence-electron chi connectivity index (χ4n) is 2.01. The molecule has 0 aromatic carbocycles. The van der Waals surface area contributed by atoms with E-state index in [0.29, 0.717) is 19.5 Å². The maximum atomic E-state index is 11.5. The predicted octanol–water partition coefficient (Wildman–Crippen LogP) is 0.317. The van der Waals surface area contributed by atoms with Crippen molar-refractivity contribution in [1.82, 2.24) is 10.2 Å². The van der Waals surface area contributed by atoms with Crippen molar-refractivity contribution in [2.75, 3.05) is 26.2 Å². The van der Waals surface area contributed by atoms with Gasteiger partial charge >= 0.3 is 0 Å². The number of ketones is 1. The highest BCUT2D eigenvalue weighted by Crippen LogP contribution is 2.17. The van der Waals surface area contributed by atoms with Crippen molar-refractivity contribution in [3.8, 4) is 6.07 Å². The van der Waals surface area contributed by atoms with Crippen LogP contribution in [-0.4, -0.2) is 42.8 Å². The zero-order chi connectivity index (χ0) is 12.7. The highest BCUT2D eigenvalue weighted by Gasteiger charge is 2.23. The van der Waals surface area contributed by atoms with Gasteiger partial charge in [-0.15, -0.1) is 0 Å². The lowest BCUT2D eigenvalue weighted by Crippen LogP contribution is -2.42. The molecule has 0 atom stereocenters. The predicted molar refractivity (Wildman–Crippen MR) is 63.1 cm³/mol. The van der Waals surface area contributed by atoms with E-state index in [0.717, 1.165) is 25.9 Å². The number of Topliss-reactive ketones (excluding diaryl/α,β-unsaturated/α-hetero) is 1. The van der Waals surface area contributed by atoms with Crippen LogP contribution in [0.25, 0.3) is 0 Å². The second kappa shape index (κ2) is 7.02. The molecule has 1 aliphatic heterocycles. The van der Waals surface area contributed by atoms with Gasteiger partial charge in [0, 0.05) is 12.5 Å². The minimum Gasteiger partial charge on any atom is -0.354 e. The molecule has 5 nitrogen and oxygen atoms in total. The number of rotatable bonds is 5. The van der Waals surface area contributed by atoms with Gasteiger partial charge in [0.25, 0.3) is 0 Å². The standard InChI is InChI=1S/C12H19N3O2/c1-10(16)11-3-7-15(8-4-11)9-12(17)14-6-2-5-13/h11H,2-4,6-9H2,1H3,(H,14,17). The smallest absolute Gasteiger partial charge is 0.234 e. The first kappa shape index (κ1) is 13.7. The maximum absolute atomic E-state index is 11.5. The van der Waals surface area contributed by atoms with E-state index in [-0.39, 0.29) is 17.6 Å². The summed E-state index contributed by atoms with van der Waals surface area (Å²) in [6.45, 7) is 4.02. The molecule has 0 bridgehead atoms. The van der Waals surface area contributed by atoms with Crippen LogP contribution in [0.15, 0.2) is 0 Å². The van der Waals surface area contributed by atoms with Gasteiger partial charge in [-0.05, 0) is 32.9 Å². The topological polar surface area (TPSA) is 73.2 Å². The average Bonchev–Trinajstić information content (AvgIpc) is 2.30. The summed E-state index contributed by atoms with van der Waals surface area (Å²) < 4.78 is 0. The Morgan fingerprint density at radius 3 is 2.59 bits per heavy atom. The Labute approximate surface area is 102 Å². The van der Waals surface area contributed by atoms with E-state index in [1.54, 1.807) is 6.92 Å². The van der Waals surface area contributed by atoms with Crippen LogP contribution in [0.2, 0.25) is 0 Å². The minimum atomic E-state index is -0.0403. The van der Waals surface area contributed by atoms with Crippen molar-refractivity contribution in [3.63, 3.8) is 0 Å². The van der Waals surface area contributed by atoms with Crippen molar-refractivity contribution in [3.05, 3.63) is 0 Å². The van der Waals surface area contributed by atoms with E-state index in [2.05, 4.69) is 10.2 Å². The van der Waals surface area contributed by atoms with Crippen molar-refractivity contribution in [2.45, 2.75) is 26.2 Å². The van der Waals surface area contributed by atoms with Crippen molar-refractivity contribution in [1.29, 1.82) is 5.26 Å². The summed E-state index contributed by atoms with van der Waals surface area (Å²) in [7, 11) is 0. The monoisotopic (exact) mass is 237 g/mol. The molecule has 94 valence electrons. The molecule has 1 saturated heterocycles. The van der Waals surface area contributed by atoms with Crippen LogP contribution in [-0.2, 0) is 9.59 Å². The summed E-state index contributed by atoms with van der Waals surface area (Å²) in [4.78, 5) is 24.7. The molecule has 1 fully saturated rings. The minimum absolute atomic E-state index is 0.0403. The Morgan fingerprint density at radius 1 is 1.41 bits per heavy atom. The lowest BCUT2D eigenvalue weighted by Gasteiger charge is -2.30. The molecule has 1 aliphatic rings. The molecule has 0 saturated carbocycles. The Kier molecular flexibility index (Phi) is 5.64. The molecule has 0 radical (unpaired) electrons. The van der Waals surface area contributed by atoms with Gasteiger partial charge in [0.05, 0.1) is 19.0 Å². The molecule has 0 spiro atoms. The lowest BCUT2D eigenvalue weighted by atomic mass is 9.93. The highest BCUT2D eigenvalue weighted by atomic mass is 16.2. The number of carbonyl (C=O) groups is 2. The lowest BCUT2D eigenvalue weighted by molar-refractivity contribution is -0.123. The maximum Gasteiger partial charge on any atom is 0.234 e. The molecule has 0 aromatic rings. The number of amides is 1. The van der Waals surface area contributed by atoms with E-state index in [1.807, 2.05) is 6.07 Å². The Balaban J connectivity index is 2.19. The van der Waals surface area contributed by atoms with Crippen molar-refractivity contribution >= 4 is 11.7 Å². The second-order valence-corrected chi connectivity index (χ2v) is 4.42. The van der Waals surface area contributed by atoms with Crippen LogP contribution >= 0.6 is 0 Å². The van der Waals surface area contributed by atoms with Gasteiger partial charge in [-0.2, -0.15) is 5.26 Å². The summed E-state index contributed by atoms with van der Waals surface area (Å²) in [6, 6.07) is 1.98. The SMILES string of the molecule is CC(=O)C1CCN(CC(=O)NCCC#N)CC1. The number of nitrogens with zero attached hydrogens (tertiary/aromatic N) is 2. The van der Waals surface area contributed by atoms with Crippen LogP contribution in [0.4, 0.5) is 0 Å². The summed E-state index contributed by atoms with van der Waals surface area (Å²) >= 11 is 0. The number of carbonyl (C=O) groups excluding carboxylic acids is 2. The van der Waals surface area contributed by atoms with Crippen LogP contribution in [0.5, 0.6) is 0 Å². The van der Waals surface area contributed by atoms with Gasteiger partial charge < -0.3 is 5.32 Å². The molecule has 0 unspecified atom stereocenters. The molecule has 1 amide bonds. The van der Waals surface area contributed by atoms with E-state index >= 15 is 0 Å². The summed E-state index contributed by atoms with van der Waals surface area (Å²) in [5.74, 6) is 0.387. The van der Waals surface area contributed by atoms with Gasteiger partial charge in [0.2, 0.25) is 5.91 Å². The molecule has 17 heavy (non-hydrogen) atoms. The highest BCUT2D eigenvalue weighted by molar-refractivity contribution is 5.79. The third-order valence-electron chi connectivity index (χ3n) is 3.09. The first-order valence-corrected chi connectivity index (χ1v) is 6.00. The number of nitriles is 1. The molecular weight excluding hydrogens is 218 g/mol.